The molecule has 0 aliphatic carbocycles. The Morgan fingerprint density at radius 2 is 1.37 bits per heavy atom. The van der Waals surface area contributed by atoms with E-state index in [0.29, 0.717) is 10.8 Å². The number of anilines is 3. The molecule has 152 valence electrons. The number of carbonyl (C=O) groups excluding carboxylic acids is 1. The maximum Gasteiger partial charge on any atom is 0.269 e. The van der Waals surface area contributed by atoms with E-state index in [2.05, 4.69) is 16.0 Å². The van der Waals surface area contributed by atoms with Crippen LogP contribution >= 0.6 is 24.0 Å². The first-order valence-corrected chi connectivity index (χ1v) is 10.3. The van der Waals surface area contributed by atoms with Crippen LogP contribution in [0, 0.1) is 10.1 Å². The molecule has 0 saturated carbocycles. The van der Waals surface area contributed by atoms with Gasteiger partial charge in [0.15, 0.2) is 5.11 Å². The summed E-state index contributed by atoms with van der Waals surface area (Å²) in [6.45, 7) is 0. The van der Waals surface area contributed by atoms with Crippen molar-refractivity contribution >= 4 is 57.7 Å². The van der Waals surface area contributed by atoms with Crippen LogP contribution in [0.25, 0.3) is 0 Å². The molecule has 0 aliphatic heterocycles. The Morgan fingerprint density at radius 1 is 0.833 bits per heavy atom. The topological polar surface area (TPSA) is 96.3 Å². The maximum atomic E-state index is 12.1. The number of rotatable bonds is 7. The first-order valence-electron chi connectivity index (χ1n) is 8.90. The number of para-hydroxylation sites is 1. The molecule has 0 aromatic heterocycles. The monoisotopic (exact) mass is 438 g/mol. The molecule has 1 amide bonds. The summed E-state index contributed by atoms with van der Waals surface area (Å²) in [4.78, 5) is 23.2. The lowest BCUT2D eigenvalue weighted by Gasteiger charge is -2.11. The van der Waals surface area contributed by atoms with Gasteiger partial charge in [-0.25, -0.2) is 0 Å². The lowest BCUT2D eigenvalue weighted by atomic mass is 10.3. The molecule has 3 rings (SSSR count). The average molecular weight is 439 g/mol. The maximum absolute atomic E-state index is 12.1. The number of thiocarbonyl (C=S) groups is 1. The van der Waals surface area contributed by atoms with Crippen molar-refractivity contribution in [3.8, 4) is 0 Å². The van der Waals surface area contributed by atoms with Crippen molar-refractivity contribution in [2.45, 2.75) is 4.90 Å². The normalized spacial score (nSPS) is 10.1. The number of amides is 1. The lowest BCUT2D eigenvalue weighted by Crippen LogP contribution is -2.18. The van der Waals surface area contributed by atoms with Crippen LogP contribution in [0.2, 0.25) is 0 Å². The molecule has 0 aliphatic rings. The van der Waals surface area contributed by atoms with Crippen molar-refractivity contribution in [2.24, 2.45) is 0 Å². The fourth-order valence-electron chi connectivity index (χ4n) is 2.46. The van der Waals surface area contributed by atoms with E-state index in [9.17, 15) is 14.9 Å². The Bertz CT molecular complexity index is 1030. The molecule has 9 heteroatoms. The van der Waals surface area contributed by atoms with Gasteiger partial charge in [0.2, 0.25) is 5.91 Å². The molecule has 0 saturated heterocycles. The number of thioether (sulfide) groups is 1. The first-order chi connectivity index (χ1) is 14.5. The van der Waals surface area contributed by atoms with Crippen LogP contribution in [0.4, 0.5) is 22.7 Å². The van der Waals surface area contributed by atoms with E-state index in [4.69, 9.17) is 12.2 Å². The van der Waals surface area contributed by atoms with Gasteiger partial charge < -0.3 is 16.0 Å². The van der Waals surface area contributed by atoms with Gasteiger partial charge in [0.1, 0.15) is 0 Å². The van der Waals surface area contributed by atoms with E-state index in [1.165, 1.54) is 36.0 Å². The SMILES string of the molecule is O=C(CSc1ccc(NC(=S)Nc2ccccc2)cc1)Nc1ccc([N+](=O)[O-])cc1. The first kappa shape index (κ1) is 21.3. The fourth-order valence-corrected chi connectivity index (χ4v) is 3.40. The van der Waals surface area contributed by atoms with Crippen molar-refractivity contribution in [2.75, 3.05) is 21.7 Å². The molecular weight excluding hydrogens is 420 g/mol. The highest BCUT2D eigenvalue weighted by molar-refractivity contribution is 8.00. The van der Waals surface area contributed by atoms with Crippen molar-refractivity contribution in [3.05, 3.63) is 89.0 Å². The average Bonchev–Trinajstić information content (AvgIpc) is 2.74. The summed E-state index contributed by atoms with van der Waals surface area (Å²) < 4.78 is 0. The molecule has 0 unspecified atom stereocenters. The molecular formula is C21H18N4O3S2. The molecule has 0 radical (unpaired) electrons. The molecule has 0 heterocycles. The smallest absolute Gasteiger partial charge is 0.269 e. The zero-order valence-electron chi connectivity index (χ0n) is 15.7. The minimum Gasteiger partial charge on any atom is -0.332 e. The molecule has 30 heavy (non-hydrogen) atoms. The number of nitrogens with one attached hydrogen (secondary N) is 3. The Morgan fingerprint density at radius 3 is 1.97 bits per heavy atom. The van der Waals surface area contributed by atoms with Crippen LogP contribution in [-0.2, 0) is 4.79 Å². The van der Waals surface area contributed by atoms with E-state index in [0.717, 1.165) is 16.3 Å². The van der Waals surface area contributed by atoms with Crippen molar-refractivity contribution < 1.29 is 9.72 Å². The number of nitro benzene ring substituents is 1. The highest BCUT2D eigenvalue weighted by atomic mass is 32.2. The quantitative estimate of drug-likeness (QED) is 0.204. The zero-order valence-corrected chi connectivity index (χ0v) is 17.3. The van der Waals surface area contributed by atoms with Gasteiger partial charge >= 0.3 is 0 Å². The van der Waals surface area contributed by atoms with Gasteiger partial charge in [0, 0.05) is 34.1 Å². The minimum absolute atomic E-state index is 0.0190. The van der Waals surface area contributed by atoms with Crippen LogP contribution in [0.1, 0.15) is 0 Å². The number of hydrogen-bond acceptors (Lipinski definition) is 5. The molecule has 0 atom stereocenters. The molecule has 7 nitrogen and oxygen atoms in total. The zero-order chi connectivity index (χ0) is 21.3. The molecule has 3 aromatic rings. The summed E-state index contributed by atoms with van der Waals surface area (Å²) in [5, 5.41) is 20.1. The van der Waals surface area contributed by atoms with E-state index in [1.54, 1.807) is 0 Å². The van der Waals surface area contributed by atoms with Gasteiger partial charge in [-0.1, -0.05) is 18.2 Å². The van der Waals surface area contributed by atoms with Gasteiger partial charge in [0.05, 0.1) is 10.7 Å². The number of carbonyl (C=O) groups is 1. The summed E-state index contributed by atoms with van der Waals surface area (Å²) >= 11 is 6.69. The van der Waals surface area contributed by atoms with E-state index < -0.39 is 4.92 Å². The second-order valence-corrected chi connectivity index (χ2v) is 7.57. The van der Waals surface area contributed by atoms with Crippen LogP contribution in [0.15, 0.2) is 83.8 Å². The lowest BCUT2D eigenvalue weighted by molar-refractivity contribution is -0.384. The minimum atomic E-state index is -0.482. The number of non-ortho nitro benzene ring substituents is 1. The number of nitrogens with zero attached hydrogens (tertiary/aromatic N) is 1. The molecule has 3 aromatic carbocycles. The molecule has 0 bridgehead atoms. The van der Waals surface area contributed by atoms with Crippen LogP contribution in [-0.4, -0.2) is 21.7 Å². The van der Waals surface area contributed by atoms with Crippen LogP contribution in [0.3, 0.4) is 0 Å². The van der Waals surface area contributed by atoms with Crippen molar-refractivity contribution in [1.82, 2.24) is 0 Å². The summed E-state index contributed by atoms with van der Waals surface area (Å²) in [6, 6.07) is 22.9. The van der Waals surface area contributed by atoms with Crippen LogP contribution < -0.4 is 16.0 Å². The molecule has 0 fully saturated rings. The van der Waals surface area contributed by atoms with Gasteiger partial charge in [-0.2, -0.15) is 0 Å². The highest BCUT2D eigenvalue weighted by Gasteiger charge is 2.07. The second-order valence-electron chi connectivity index (χ2n) is 6.11. The number of hydrogen-bond donors (Lipinski definition) is 3. The van der Waals surface area contributed by atoms with E-state index in [-0.39, 0.29) is 17.3 Å². The van der Waals surface area contributed by atoms with Gasteiger partial charge in [0.25, 0.3) is 5.69 Å². The Hall–Kier alpha value is -3.43. The van der Waals surface area contributed by atoms with Crippen molar-refractivity contribution in [1.29, 1.82) is 0 Å². The third kappa shape index (κ3) is 6.57. The molecule has 3 N–H and O–H groups in total. The standard InChI is InChI=1S/C21H18N4O3S2/c26-20(22-16-6-10-18(11-7-16)25(27)28)14-30-19-12-8-17(9-13-19)24-21(29)23-15-4-2-1-3-5-15/h1-13H,14H2,(H,22,26)(H2,23,24,29). The van der Waals surface area contributed by atoms with Crippen LogP contribution in [0.5, 0.6) is 0 Å². The summed E-state index contributed by atoms with van der Waals surface area (Å²) in [5.41, 5.74) is 2.24. The van der Waals surface area contributed by atoms with E-state index >= 15 is 0 Å². The largest absolute Gasteiger partial charge is 0.332 e. The predicted octanol–water partition coefficient (Wildman–Crippen LogP) is 5.13. The summed E-state index contributed by atoms with van der Waals surface area (Å²) in [5.74, 6) is 0.0295. The van der Waals surface area contributed by atoms with Gasteiger partial charge in [-0.15, -0.1) is 11.8 Å². The van der Waals surface area contributed by atoms with E-state index in [1.807, 2.05) is 54.6 Å². The molecule has 0 spiro atoms. The predicted molar refractivity (Wildman–Crippen MR) is 125 cm³/mol. The second kappa shape index (κ2) is 10.4. The number of nitro groups is 1. The Kier molecular flexibility index (Phi) is 7.36. The summed E-state index contributed by atoms with van der Waals surface area (Å²) in [7, 11) is 0. The number of benzene rings is 3. The fraction of sp³-hybridized carbons (Fsp3) is 0.0476. The third-order valence-electron chi connectivity index (χ3n) is 3.88. The third-order valence-corrected chi connectivity index (χ3v) is 5.09. The Labute approximate surface area is 183 Å². The van der Waals surface area contributed by atoms with Gasteiger partial charge in [-0.3, -0.25) is 14.9 Å². The van der Waals surface area contributed by atoms with Gasteiger partial charge in [-0.05, 0) is 60.7 Å². The van der Waals surface area contributed by atoms with Crippen molar-refractivity contribution in [3.63, 3.8) is 0 Å². The summed E-state index contributed by atoms with van der Waals surface area (Å²) in [6.07, 6.45) is 0. The Balaban J connectivity index is 1.45. The highest BCUT2D eigenvalue weighted by Crippen LogP contribution is 2.21.